The standard InChI is InChI=1S/C17H23NO4/c1-17(2,3)22-16(20)18-13-6-5-7-15(21-4)12(13)10-14(19)11-8-9-11/h5-7,11H,8-10H2,1-4H3,(H,18,20). The van der Waals surface area contributed by atoms with Gasteiger partial charge in [-0.05, 0) is 45.7 Å². The van der Waals surface area contributed by atoms with Gasteiger partial charge in [-0.25, -0.2) is 4.79 Å². The second-order valence-electron chi connectivity index (χ2n) is 6.53. The fourth-order valence-corrected chi connectivity index (χ4v) is 2.19. The van der Waals surface area contributed by atoms with Crippen LogP contribution in [0, 0.1) is 5.92 Å². The van der Waals surface area contributed by atoms with Gasteiger partial charge in [-0.1, -0.05) is 6.07 Å². The van der Waals surface area contributed by atoms with Gasteiger partial charge in [0, 0.05) is 17.9 Å². The van der Waals surface area contributed by atoms with Crippen LogP contribution in [-0.4, -0.2) is 24.6 Å². The summed E-state index contributed by atoms with van der Waals surface area (Å²) >= 11 is 0. The first-order valence-corrected chi connectivity index (χ1v) is 7.49. The summed E-state index contributed by atoms with van der Waals surface area (Å²) in [6.07, 6.45) is 1.65. The number of carbonyl (C=O) groups is 2. The lowest BCUT2D eigenvalue weighted by atomic mass is 10.0. The van der Waals surface area contributed by atoms with E-state index in [-0.39, 0.29) is 18.1 Å². The molecule has 0 unspecified atom stereocenters. The van der Waals surface area contributed by atoms with Crippen LogP contribution in [0.2, 0.25) is 0 Å². The minimum Gasteiger partial charge on any atom is -0.496 e. The Bertz CT molecular complexity index is 571. The molecule has 0 radical (unpaired) electrons. The minimum absolute atomic E-state index is 0.166. The molecule has 120 valence electrons. The van der Waals surface area contributed by atoms with Crippen molar-refractivity contribution in [3.05, 3.63) is 23.8 Å². The highest BCUT2D eigenvalue weighted by Crippen LogP contribution is 2.34. The van der Waals surface area contributed by atoms with Crippen LogP contribution in [0.4, 0.5) is 10.5 Å². The summed E-state index contributed by atoms with van der Waals surface area (Å²) in [5.74, 6) is 0.957. The summed E-state index contributed by atoms with van der Waals surface area (Å²) < 4.78 is 10.6. The van der Waals surface area contributed by atoms with Crippen molar-refractivity contribution in [2.45, 2.75) is 45.6 Å². The Hall–Kier alpha value is -2.04. The number of anilines is 1. The van der Waals surface area contributed by atoms with Gasteiger partial charge in [0.05, 0.1) is 12.8 Å². The molecule has 0 heterocycles. The molecule has 1 fully saturated rings. The molecule has 0 spiro atoms. The monoisotopic (exact) mass is 305 g/mol. The van der Waals surface area contributed by atoms with Gasteiger partial charge < -0.3 is 9.47 Å². The van der Waals surface area contributed by atoms with Crippen LogP contribution in [0.25, 0.3) is 0 Å². The number of rotatable bonds is 5. The number of ether oxygens (including phenoxy) is 2. The molecule has 1 aromatic rings. The highest BCUT2D eigenvalue weighted by molar-refractivity contribution is 5.91. The molecule has 5 heteroatoms. The molecule has 2 rings (SSSR count). The molecule has 22 heavy (non-hydrogen) atoms. The van der Waals surface area contributed by atoms with Crippen LogP contribution < -0.4 is 10.1 Å². The summed E-state index contributed by atoms with van der Waals surface area (Å²) in [5, 5.41) is 2.71. The molecule has 0 bridgehead atoms. The maximum absolute atomic E-state index is 12.1. The van der Waals surface area contributed by atoms with E-state index in [1.807, 2.05) is 0 Å². The minimum atomic E-state index is -0.576. The Labute approximate surface area is 131 Å². The predicted molar refractivity (Wildman–Crippen MR) is 84.3 cm³/mol. The van der Waals surface area contributed by atoms with E-state index in [0.29, 0.717) is 17.0 Å². The molecule has 1 N–H and O–H groups in total. The van der Waals surface area contributed by atoms with Gasteiger partial charge in [0.15, 0.2) is 0 Å². The number of hydrogen-bond acceptors (Lipinski definition) is 4. The van der Waals surface area contributed by atoms with Crippen LogP contribution in [0.5, 0.6) is 5.75 Å². The van der Waals surface area contributed by atoms with Gasteiger partial charge in [-0.3, -0.25) is 10.1 Å². The highest BCUT2D eigenvalue weighted by Gasteiger charge is 2.30. The van der Waals surface area contributed by atoms with Crippen molar-refractivity contribution in [2.75, 3.05) is 12.4 Å². The third kappa shape index (κ3) is 4.48. The third-order valence-electron chi connectivity index (χ3n) is 3.37. The Morgan fingerprint density at radius 3 is 2.50 bits per heavy atom. The van der Waals surface area contributed by atoms with Crippen LogP contribution in [0.1, 0.15) is 39.2 Å². The molecular weight excluding hydrogens is 282 g/mol. The lowest BCUT2D eigenvalue weighted by molar-refractivity contribution is -0.119. The normalized spacial score (nSPS) is 14.4. The number of hydrogen-bond donors (Lipinski definition) is 1. The fourth-order valence-electron chi connectivity index (χ4n) is 2.19. The third-order valence-corrected chi connectivity index (χ3v) is 3.37. The number of methoxy groups -OCH3 is 1. The van der Waals surface area contributed by atoms with Gasteiger partial charge in [0.2, 0.25) is 0 Å². The number of benzene rings is 1. The van der Waals surface area contributed by atoms with E-state index >= 15 is 0 Å². The van der Waals surface area contributed by atoms with Crippen molar-refractivity contribution in [3.8, 4) is 5.75 Å². The smallest absolute Gasteiger partial charge is 0.412 e. The van der Waals surface area contributed by atoms with Gasteiger partial charge in [-0.15, -0.1) is 0 Å². The SMILES string of the molecule is COc1cccc(NC(=O)OC(C)(C)C)c1CC(=O)C1CC1. The summed E-state index contributed by atoms with van der Waals surface area (Å²) in [6.45, 7) is 5.40. The first-order valence-electron chi connectivity index (χ1n) is 7.49. The zero-order valence-electron chi connectivity index (χ0n) is 13.6. The van der Waals surface area contributed by atoms with Crippen molar-refractivity contribution in [1.29, 1.82) is 0 Å². The van der Waals surface area contributed by atoms with Crippen molar-refractivity contribution in [3.63, 3.8) is 0 Å². The quantitative estimate of drug-likeness (QED) is 0.903. The molecule has 0 aliphatic heterocycles. The maximum Gasteiger partial charge on any atom is 0.412 e. The van der Waals surface area contributed by atoms with Crippen molar-refractivity contribution in [1.82, 2.24) is 0 Å². The Kier molecular flexibility index (Phi) is 4.74. The lowest BCUT2D eigenvalue weighted by Gasteiger charge is -2.21. The van der Waals surface area contributed by atoms with Crippen LogP contribution in [0.3, 0.4) is 0 Å². The molecular formula is C17H23NO4. The topological polar surface area (TPSA) is 64.6 Å². The molecule has 1 aliphatic rings. The van der Waals surface area contributed by atoms with E-state index < -0.39 is 11.7 Å². The number of nitrogens with one attached hydrogen (secondary N) is 1. The zero-order chi connectivity index (χ0) is 16.3. The molecule has 1 amide bonds. The second kappa shape index (κ2) is 6.38. The zero-order valence-corrected chi connectivity index (χ0v) is 13.6. The number of Topliss-reactive ketones (excluding diaryl/α,β-unsaturated/α-hetero) is 1. The van der Waals surface area contributed by atoms with Crippen molar-refractivity contribution in [2.24, 2.45) is 5.92 Å². The summed E-state index contributed by atoms with van der Waals surface area (Å²) in [4.78, 5) is 24.1. The average molecular weight is 305 g/mol. The van der Waals surface area contributed by atoms with Crippen molar-refractivity contribution >= 4 is 17.6 Å². The summed E-state index contributed by atoms with van der Waals surface area (Å²) in [5.41, 5.74) is 0.683. The molecule has 1 aromatic carbocycles. The van der Waals surface area contributed by atoms with Crippen molar-refractivity contribution < 1.29 is 19.1 Å². The summed E-state index contributed by atoms with van der Waals surface area (Å²) in [6, 6.07) is 5.31. The molecule has 0 atom stereocenters. The average Bonchev–Trinajstić information content (AvgIpc) is 3.22. The van der Waals surface area contributed by atoms with Crippen LogP contribution in [0.15, 0.2) is 18.2 Å². The molecule has 1 aliphatic carbocycles. The largest absolute Gasteiger partial charge is 0.496 e. The Morgan fingerprint density at radius 1 is 1.27 bits per heavy atom. The number of ketones is 1. The van der Waals surface area contributed by atoms with Crippen LogP contribution >= 0.6 is 0 Å². The maximum atomic E-state index is 12.1. The Morgan fingerprint density at radius 2 is 1.95 bits per heavy atom. The van der Waals surface area contributed by atoms with E-state index in [0.717, 1.165) is 12.8 Å². The van der Waals surface area contributed by atoms with E-state index in [1.165, 1.54) is 0 Å². The Balaban J connectivity index is 2.18. The second-order valence-corrected chi connectivity index (χ2v) is 6.53. The van der Waals surface area contributed by atoms with E-state index in [1.54, 1.807) is 46.1 Å². The van der Waals surface area contributed by atoms with Crippen LogP contribution in [-0.2, 0) is 16.0 Å². The number of amides is 1. The van der Waals surface area contributed by atoms with E-state index in [2.05, 4.69) is 5.32 Å². The predicted octanol–water partition coefficient (Wildman–Crippen LogP) is 3.56. The summed E-state index contributed by atoms with van der Waals surface area (Å²) in [7, 11) is 1.55. The van der Waals surface area contributed by atoms with Gasteiger partial charge in [0.25, 0.3) is 0 Å². The molecule has 1 saturated carbocycles. The van der Waals surface area contributed by atoms with E-state index in [9.17, 15) is 9.59 Å². The molecule has 5 nitrogen and oxygen atoms in total. The van der Waals surface area contributed by atoms with Gasteiger partial charge in [-0.2, -0.15) is 0 Å². The molecule has 0 aromatic heterocycles. The van der Waals surface area contributed by atoms with Gasteiger partial charge in [0.1, 0.15) is 17.1 Å². The first kappa shape index (κ1) is 16.3. The fraction of sp³-hybridized carbons (Fsp3) is 0.529. The first-order chi connectivity index (χ1) is 10.3. The highest BCUT2D eigenvalue weighted by atomic mass is 16.6. The van der Waals surface area contributed by atoms with E-state index in [4.69, 9.17) is 9.47 Å². The number of carbonyl (C=O) groups excluding carboxylic acids is 2. The lowest BCUT2D eigenvalue weighted by Crippen LogP contribution is -2.27. The molecule has 0 saturated heterocycles. The van der Waals surface area contributed by atoms with Gasteiger partial charge >= 0.3 is 6.09 Å².